The maximum Gasteiger partial charge on any atom is 0.251 e. The lowest BCUT2D eigenvalue weighted by molar-refractivity contribution is -0.140. The highest BCUT2D eigenvalue weighted by Crippen LogP contribution is 2.35. The fraction of sp³-hybridized carbons (Fsp3) is 0.345. The van der Waals surface area contributed by atoms with E-state index < -0.39 is 6.10 Å². The topological polar surface area (TPSA) is 127 Å². The van der Waals surface area contributed by atoms with Crippen molar-refractivity contribution in [1.29, 1.82) is 0 Å². The number of aryl methyl sites for hydroxylation is 1. The Morgan fingerprint density at radius 1 is 1.15 bits per heavy atom. The molecule has 0 unspecified atom stereocenters. The van der Waals surface area contributed by atoms with Crippen molar-refractivity contribution >= 4 is 23.2 Å². The van der Waals surface area contributed by atoms with E-state index >= 15 is 0 Å². The Balaban J connectivity index is 1.51. The average Bonchev–Trinajstić information content (AvgIpc) is 3.37. The van der Waals surface area contributed by atoms with Crippen molar-refractivity contribution in [3.8, 4) is 22.4 Å². The molecule has 3 aromatic heterocycles. The van der Waals surface area contributed by atoms with Gasteiger partial charge in [-0.1, -0.05) is 13.0 Å². The van der Waals surface area contributed by atoms with E-state index in [1.54, 1.807) is 23.4 Å². The van der Waals surface area contributed by atoms with E-state index in [-0.39, 0.29) is 29.2 Å². The van der Waals surface area contributed by atoms with Gasteiger partial charge >= 0.3 is 0 Å². The van der Waals surface area contributed by atoms with Gasteiger partial charge in [0.1, 0.15) is 17.7 Å². The van der Waals surface area contributed by atoms with Gasteiger partial charge in [-0.2, -0.15) is 9.61 Å². The lowest BCUT2D eigenvalue weighted by Crippen LogP contribution is -2.42. The number of carbonyl (C=O) groups excluding carboxylic acids is 2. The lowest BCUT2D eigenvalue weighted by Gasteiger charge is -2.33. The number of piperidine rings is 1. The number of ketones is 1. The number of carbonyl (C=O) groups is 2. The second-order valence-corrected chi connectivity index (χ2v) is 9.97. The zero-order valence-electron chi connectivity index (χ0n) is 22.2. The van der Waals surface area contributed by atoms with Gasteiger partial charge in [-0.15, -0.1) is 0 Å². The zero-order chi connectivity index (χ0) is 27.8. The smallest absolute Gasteiger partial charge is 0.251 e. The zero-order valence-corrected chi connectivity index (χ0v) is 22.2. The number of Topliss-reactive ketones (excluding diaryl/α,β-unsaturated/α-hetero) is 1. The van der Waals surface area contributed by atoms with Crippen molar-refractivity contribution in [3.63, 3.8) is 0 Å². The quantitative estimate of drug-likeness (QED) is 0.360. The Morgan fingerprint density at radius 3 is 2.49 bits per heavy atom. The summed E-state index contributed by atoms with van der Waals surface area (Å²) in [7, 11) is 0. The first-order valence-corrected chi connectivity index (χ1v) is 13.1. The molecule has 0 spiro atoms. The SMILES string of the molecule is CCc1cc(-c2ccc(-c3cnn4c(N)c(C(C)=O)c(C5CCN(C(=O)[C@@H](C)O)CC5)nc34)cn2)ccc1F. The molecule has 1 atom stereocenters. The van der Waals surface area contributed by atoms with Crippen molar-refractivity contribution < 1.29 is 19.1 Å². The van der Waals surface area contributed by atoms with Crippen LogP contribution in [-0.4, -0.2) is 60.5 Å². The molecule has 4 aromatic rings. The van der Waals surface area contributed by atoms with Gasteiger partial charge < -0.3 is 15.7 Å². The Hall–Kier alpha value is -4.18. The molecule has 0 radical (unpaired) electrons. The number of nitrogen functional groups attached to an aromatic ring is 1. The van der Waals surface area contributed by atoms with Crippen LogP contribution < -0.4 is 5.73 Å². The predicted octanol–water partition coefficient (Wildman–Crippen LogP) is 4.03. The minimum absolute atomic E-state index is 0.0799. The Bertz CT molecular complexity index is 1560. The van der Waals surface area contributed by atoms with E-state index in [1.807, 2.05) is 25.1 Å². The number of aromatic nitrogens is 4. The standard InChI is InChI=1S/C29H31FN6O3/c1-4-18-13-20(5-7-23(18)30)24-8-6-21(14-32-24)22-15-33-36-27(31)25(16(2)37)26(34-28(22)36)19-9-11-35(12-10-19)29(39)17(3)38/h5-8,13-15,17,19,38H,4,9-12,31H2,1-3H3/t17-/m1/s1. The molecule has 0 saturated carbocycles. The van der Waals surface area contributed by atoms with Gasteiger partial charge in [-0.3, -0.25) is 14.6 Å². The summed E-state index contributed by atoms with van der Waals surface area (Å²) in [4.78, 5) is 36.0. The molecule has 3 N–H and O–H groups in total. The summed E-state index contributed by atoms with van der Waals surface area (Å²) in [5, 5.41) is 14.1. The largest absolute Gasteiger partial charge is 0.384 e. The van der Waals surface area contributed by atoms with Crippen LogP contribution in [0.25, 0.3) is 28.0 Å². The number of aliphatic hydroxyl groups is 1. The number of amides is 1. The summed E-state index contributed by atoms with van der Waals surface area (Å²) < 4.78 is 15.4. The first kappa shape index (κ1) is 26.4. The van der Waals surface area contributed by atoms with Gasteiger partial charge in [0.05, 0.1) is 23.1 Å². The highest BCUT2D eigenvalue weighted by atomic mass is 19.1. The molecule has 1 aromatic carbocycles. The van der Waals surface area contributed by atoms with E-state index in [1.165, 1.54) is 24.4 Å². The first-order valence-electron chi connectivity index (χ1n) is 13.1. The number of rotatable bonds is 6. The van der Waals surface area contributed by atoms with Crippen LogP contribution in [0.4, 0.5) is 10.2 Å². The number of hydrogen-bond acceptors (Lipinski definition) is 7. The molecule has 1 fully saturated rings. The summed E-state index contributed by atoms with van der Waals surface area (Å²) in [6.45, 7) is 5.75. The van der Waals surface area contributed by atoms with E-state index in [2.05, 4.69) is 10.1 Å². The molecule has 10 heteroatoms. The minimum Gasteiger partial charge on any atom is -0.384 e. The van der Waals surface area contributed by atoms with Crippen LogP contribution in [0.5, 0.6) is 0 Å². The molecule has 5 rings (SSSR count). The van der Waals surface area contributed by atoms with Crippen LogP contribution in [0.2, 0.25) is 0 Å². The molecule has 1 aliphatic heterocycles. The second-order valence-electron chi connectivity index (χ2n) is 9.97. The van der Waals surface area contributed by atoms with Crippen LogP contribution in [-0.2, 0) is 11.2 Å². The minimum atomic E-state index is -1.05. The molecule has 9 nitrogen and oxygen atoms in total. The summed E-state index contributed by atoms with van der Waals surface area (Å²) in [6, 6.07) is 8.76. The molecule has 1 saturated heterocycles. The summed E-state index contributed by atoms with van der Waals surface area (Å²) in [5.41, 5.74) is 11.6. The van der Waals surface area contributed by atoms with Gasteiger partial charge in [0.25, 0.3) is 5.91 Å². The van der Waals surface area contributed by atoms with Gasteiger partial charge in [0, 0.05) is 41.9 Å². The highest BCUT2D eigenvalue weighted by Gasteiger charge is 2.31. The molecule has 39 heavy (non-hydrogen) atoms. The number of nitrogens with two attached hydrogens (primary N) is 1. The maximum atomic E-state index is 14.0. The number of nitrogens with zero attached hydrogens (tertiary/aromatic N) is 5. The Morgan fingerprint density at radius 2 is 1.87 bits per heavy atom. The Kier molecular flexibility index (Phi) is 7.14. The molecule has 0 aliphatic carbocycles. The number of hydrogen-bond donors (Lipinski definition) is 2. The van der Waals surface area contributed by atoms with Crippen molar-refractivity contribution in [2.24, 2.45) is 0 Å². The highest BCUT2D eigenvalue weighted by molar-refractivity contribution is 6.00. The van der Waals surface area contributed by atoms with Gasteiger partial charge in [0.2, 0.25) is 0 Å². The third kappa shape index (κ3) is 4.87. The predicted molar refractivity (Wildman–Crippen MR) is 146 cm³/mol. The fourth-order valence-electron chi connectivity index (χ4n) is 5.26. The monoisotopic (exact) mass is 530 g/mol. The fourth-order valence-corrected chi connectivity index (χ4v) is 5.26. The third-order valence-electron chi connectivity index (χ3n) is 7.41. The number of likely N-dealkylation sites (tertiary alicyclic amines) is 1. The van der Waals surface area contributed by atoms with Crippen molar-refractivity contribution in [3.05, 3.63) is 65.4 Å². The average molecular weight is 531 g/mol. The summed E-state index contributed by atoms with van der Waals surface area (Å²) >= 11 is 0. The van der Waals surface area contributed by atoms with Gasteiger partial charge in [-0.25, -0.2) is 9.37 Å². The van der Waals surface area contributed by atoms with Crippen LogP contribution in [0.15, 0.2) is 42.7 Å². The van der Waals surface area contributed by atoms with Crippen molar-refractivity contribution in [2.45, 2.75) is 52.1 Å². The second kappa shape index (κ2) is 10.5. The number of anilines is 1. The number of benzene rings is 1. The van der Waals surface area contributed by atoms with Crippen LogP contribution in [0.3, 0.4) is 0 Å². The van der Waals surface area contributed by atoms with Crippen molar-refractivity contribution in [1.82, 2.24) is 24.5 Å². The first-order chi connectivity index (χ1) is 18.7. The van der Waals surface area contributed by atoms with E-state index in [0.29, 0.717) is 60.4 Å². The van der Waals surface area contributed by atoms with E-state index in [0.717, 1.165) is 16.8 Å². The van der Waals surface area contributed by atoms with Crippen LogP contribution in [0, 0.1) is 5.82 Å². The molecular formula is C29H31FN6O3. The normalized spacial score (nSPS) is 15.1. The molecule has 0 bridgehead atoms. The Labute approximate surface area is 225 Å². The van der Waals surface area contributed by atoms with E-state index in [9.17, 15) is 19.1 Å². The molecular weight excluding hydrogens is 499 g/mol. The van der Waals surface area contributed by atoms with Gasteiger partial charge in [-0.05, 0) is 62.9 Å². The number of pyridine rings is 1. The van der Waals surface area contributed by atoms with Crippen molar-refractivity contribution in [2.75, 3.05) is 18.8 Å². The molecule has 4 heterocycles. The van der Waals surface area contributed by atoms with E-state index in [4.69, 9.17) is 10.7 Å². The summed E-state index contributed by atoms with van der Waals surface area (Å²) in [6.07, 6.45) is 4.11. The maximum absolute atomic E-state index is 14.0. The lowest BCUT2D eigenvalue weighted by atomic mass is 9.89. The molecule has 1 aliphatic rings. The van der Waals surface area contributed by atoms with Crippen LogP contribution >= 0.6 is 0 Å². The number of fused-ring (bicyclic) bond motifs is 1. The number of aliphatic hydroxyl groups excluding tert-OH is 1. The number of halogens is 1. The van der Waals surface area contributed by atoms with Gasteiger partial charge in [0.15, 0.2) is 11.4 Å². The van der Waals surface area contributed by atoms with Crippen LogP contribution in [0.1, 0.15) is 61.1 Å². The molecule has 1 amide bonds. The third-order valence-corrected chi connectivity index (χ3v) is 7.41. The molecule has 202 valence electrons. The summed E-state index contributed by atoms with van der Waals surface area (Å²) in [5.74, 6) is -0.589.